The minimum absolute atomic E-state index is 0.00495. The zero-order valence-electron chi connectivity index (χ0n) is 11.6. The fraction of sp³-hybridized carbons (Fsp3) is 0.400. The fourth-order valence-electron chi connectivity index (χ4n) is 2.26. The zero-order valence-corrected chi connectivity index (χ0v) is 11.6. The molecule has 2 rings (SSSR count). The molecule has 2 aromatic rings. The predicted octanol–water partition coefficient (Wildman–Crippen LogP) is 3.83. The first kappa shape index (κ1) is 13.5. The lowest BCUT2D eigenvalue weighted by Crippen LogP contribution is -2.15. The molecule has 0 bridgehead atoms. The van der Waals surface area contributed by atoms with Crippen LogP contribution in [0.3, 0.4) is 0 Å². The number of hydrogen-bond acceptors (Lipinski definition) is 3. The van der Waals surface area contributed by atoms with Gasteiger partial charge in [-0.3, -0.25) is 0 Å². The third-order valence-corrected chi connectivity index (χ3v) is 2.92. The number of ether oxygens (including phenoxy) is 1. The molecule has 0 radical (unpaired) electrons. The molecule has 0 atom stereocenters. The Balaban J connectivity index is 2.81. The van der Waals surface area contributed by atoms with Crippen molar-refractivity contribution in [3.63, 3.8) is 0 Å². The summed E-state index contributed by atoms with van der Waals surface area (Å²) in [6.45, 7) is 8.29. The number of para-hydroxylation sites is 1. The van der Waals surface area contributed by atoms with Gasteiger partial charge in [-0.05, 0) is 18.4 Å². The maximum atomic E-state index is 11.4. The molecule has 4 nitrogen and oxygen atoms in total. The Morgan fingerprint density at radius 3 is 2.58 bits per heavy atom. The highest BCUT2D eigenvalue weighted by molar-refractivity contribution is 5.97. The van der Waals surface area contributed by atoms with Crippen LogP contribution < -0.4 is 4.74 Å². The summed E-state index contributed by atoms with van der Waals surface area (Å²) in [7, 11) is 0. The van der Waals surface area contributed by atoms with E-state index in [9.17, 15) is 9.90 Å². The highest BCUT2D eigenvalue weighted by Crippen LogP contribution is 2.39. The van der Waals surface area contributed by atoms with Gasteiger partial charge in [-0.2, -0.15) is 0 Å². The summed E-state index contributed by atoms with van der Waals surface area (Å²) in [4.78, 5) is 11.4. The van der Waals surface area contributed by atoms with Crippen LogP contribution >= 0.6 is 0 Å². The second kappa shape index (κ2) is 4.61. The van der Waals surface area contributed by atoms with Crippen LogP contribution in [0.25, 0.3) is 11.0 Å². The molecule has 1 N–H and O–H groups in total. The van der Waals surface area contributed by atoms with Crippen LogP contribution in [0.4, 0.5) is 0 Å². The number of hydrogen-bond donors (Lipinski definition) is 1. The van der Waals surface area contributed by atoms with Crippen LogP contribution in [0.5, 0.6) is 5.75 Å². The lowest BCUT2D eigenvalue weighted by Gasteiger charge is -2.18. The molecule has 102 valence electrons. The van der Waals surface area contributed by atoms with Crippen LogP contribution in [0.2, 0.25) is 0 Å². The third-order valence-electron chi connectivity index (χ3n) is 2.92. The minimum atomic E-state index is -1.05. The summed E-state index contributed by atoms with van der Waals surface area (Å²) in [5.74, 6) is -0.476. The molecule has 0 spiro atoms. The molecule has 0 unspecified atom stereocenters. The second-order valence-corrected chi connectivity index (χ2v) is 5.43. The van der Waals surface area contributed by atoms with Gasteiger partial charge in [0.05, 0.1) is 6.61 Å². The van der Waals surface area contributed by atoms with Gasteiger partial charge in [0, 0.05) is 10.9 Å². The van der Waals surface area contributed by atoms with Gasteiger partial charge in [-0.15, -0.1) is 0 Å². The van der Waals surface area contributed by atoms with Crippen molar-refractivity contribution < 1.29 is 19.1 Å². The molecule has 1 aromatic heterocycles. The van der Waals surface area contributed by atoms with Crippen molar-refractivity contribution in [3.05, 3.63) is 29.5 Å². The molecular formula is C15H18O4. The summed E-state index contributed by atoms with van der Waals surface area (Å²) in [5.41, 5.74) is 0.896. The number of carboxylic acids is 1. The van der Waals surface area contributed by atoms with Gasteiger partial charge < -0.3 is 14.3 Å². The van der Waals surface area contributed by atoms with E-state index in [2.05, 4.69) is 0 Å². The Morgan fingerprint density at radius 2 is 2.05 bits per heavy atom. The number of aromatic carboxylic acids is 1. The van der Waals surface area contributed by atoms with E-state index in [0.717, 1.165) is 5.39 Å². The number of benzene rings is 1. The highest BCUT2D eigenvalue weighted by Gasteiger charge is 2.29. The number of fused-ring (bicyclic) bond motifs is 1. The molecule has 0 aliphatic heterocycles. The van der Waals surface area contributed by atoms with Gasteiger partial charge in [0.15, 0.2) is 11.3 Å². The van der Waals surface area contributed by atoms with Crippen molar-refractivity contribution in [2.75, 3.05) is 6.61 Å². The van der Waals surface area contributed by atoms with E-state index in [1.54, 1.807) is 6.07 Å². The molecule has 1 aromatic carbocycles. The van der Waals surface area contributed by atoms with Crippen molar-refractivity contribution in [2.45, 2.75) is 33.1 Å². The van der Waals surface area contributed by atoms with Crippen molar-refractivity contribution in [1.29, 1.82) is 0 Å². The number of rotatable bonds is 3. The van der Waals surface area contributed by atoms with Crippen LogP contribution in [0.1, 0.15) is 43.8 Å². The zero-order chi connectivity index (χ0) is 14.2. The van der Waals surface area contributed by atoms with Gasteiger partial charge in [0.2, 0.25) is 5.76 Å². The summed E-state index contributed by atoms with van der Waals surface area (Å²) in [6.07, 6.45) is 0. The van der Waals surface area contributed by atoms with E-state index in [1.165, 1.54) is 0 Å². The number of carboxylic acid groups (broad SMARTS) is 1. The molecule has 0 amide bonds. The van der Waals surface area contributed by atoms with Crippen molar-refractivity contribution in [2.24, 2.45) is 0 Å². The van der Waals surface area contributed by atoms with Gasteiger partial charge in [-0.25, -0.2) is 4.79 Å². The molecule has 4 heteroatoms. The number of furan rings is 1. The lowest BCUT2D eigenvalue weighted by molar-refractivity contribution is 0.0661. The smallest absolute Gasteiger partial charge is 0.372 e. The van der Waals surface area contributed by atoms with Gasteiger partial charge in [0.25, 0.3) is 0 Å². The third kappa shape index (κ3) is 2.30. The van der Waals surface area contributed by atoms with Gasteiger partial charge in [-0.1, -0.05) is 32.9 Å². The second-order valence-electron chi connectivity index (χ2n) is 5.43. The van der Waals surface area contributed by atoms with E-state index in [0.29, 0.717) is 23.5 Å². The van der Waals surface area contributed by atoms with Crippen LogP contribution in [0.15, 0.2) is 22.6 Å². The van der Waals surface area contributed by atoms with Gasteiger partial charge >= 0.3 is 5.97 Å². The van der Waals surface area contributed by atoms with E-state index >= 15 is 0 Å². The maximum absolute atomic E-state index is 11.4. The molecule has 0 saturated carbocycles. The summed E-state index contributed by atoms with van der Waals surface area (Å²) in [6, 6.07) is 5.51. The topological polar surface area (TPSA) is 59.7 Å². The highest BCUT2D eigenvalue weighted by atomic mass is 16.5. The first-order valence-corrected chi connectivity index (χ1v) is 6.28. The molecule has 0 aliphatic rings. The average molecular weight is 262 g/mol. The minimum Gasteiger partial charge on any atom is -0.490 e. The van der Waals surface area contributed by atoms with E-state index in [4.69, 9.17) is 9.15 Å². The summed E-state index contributed by atoms with van der Waals surface area (Å²) in [5, 5.41) is 10.1. The Hall–Kier alpha value is -1.97. The van der Waals surface area contributed by atoms with Gasteiger partial charge in [0.1, 0.15) is 0 Å². The van der Waals surface area contributed by atoms with Crippen LogP contribution in [-0.2, 0) is 5.41 Å². The normalized spacial score (nSPS) is 11.8. The lowest BCUT2D eigenvalue weighted by atomic mass is 9.85. The average Bonchev–Trinajstić information content (AvgIpc) is 2.69. The Kier molecular flexibility index (Phi) is 3.27. The Bertz CT molecular complexity index is 617. The molecular weight excluding hydrogens is 244 g/mol. The van der Waals surface area contributed by atoms with E-state index in [1.807, 2.05) is 39.8 Å². The van der Waals surface area contributed by atoms with E-state index in [-0.39, 0.29) is 11.2 Å². The Labute approximate surface area is 112 Å². The molecule has 0 aliphatic carbocycles. The molecule has 0 fully saturated rings. The van der Waals surface area contributed by atoms with Crippen molar-refractivity contribution >= 4 is 16.9 Å². The standard InChI is InChI=1S/C15H18O4/c1-5-18-10-8-6-7-9-11(15(2,3)4)13(14(16)17)19-12(9)10/h6-8H,5H2,1-4H3,(H,16,17). The van der Waals surface area contributed by atoms with Crippen LogP contribution in [0, 0.1) is 0 Å². The van der Waals surface area contributed by atoms with Crippen LogP contribution in [-0.4, -0.2) is 17.7 Å². The van der Waals surface area contributed by atoms with Crippen molar-refractivity contribution in [1.82, 2.24) is 0 Å². The predicted molar refractivity (Wildman–Crippen MR) is 73.0 cm³/mol. The SMILES string of the molecule is CCOc1cccc2c(C(C)(C)C)c(C(=O)O)oc12. The van der Waals surface area contributed by atoms with Crippen molar-refractivity contribution in [3.8, 4) is 5.75 Å². The molecule has 19 heavy (non-hydrogen) atoms. The molecule has 1 heterocycles. The maximum Gasteiger partial charge on any atom is 0.372 e. The fourth-order valence-corrected chi connectivity index (χ4v) is 2.26. The largest absolute Gasteiger partial charge is 0.490 e. The summed E-state index contributed by atoms with van der Waals surface area (Å²) >= 11 is 0. The molecule has 0 saturated heterocycles. The Morgan fingerprint density at radius 1 is 1.37 bits per heavy atom. The number of carbonyl (C=O) groups is 1. The first-order chi connectivity index (χ1) is 8.86. The monoisotopic (exact) mass is 262 g/mol. The van der Waals surface area contributed by atoms with E-state index < -0.39 is 5.97 Å². The summed E-state index contributed by atoms with van der Waals surface area (Å²) < 4.78 is 11.0. The quantitative estimate of drug-likeness (QED) is 0.913. The first-order valence-electron chi connectivity index (χ1n) is 6.28.